The third-order valence-corrected chi connectivity index (χ3v) is 2.06. The van der Waals surface area contributed by atoms with Gasteiger partial charge in [-0.3, -0.25) is 4.18 Å². The third-order valence-electron chi connectivity index (χ3n) is 1.02. The van der Waals surface area contributed by atoms with E-state index in [0.717, 1.165) is 6.08 Å². The summed E-state index contributed by atoms with van der Waals surface area (Å²) in [6.07, 6.45) is 0.776. The fourth-order valence-corrected chi connectivity index (χ4v) is 0.833. The molecule has 9 heteroatoms. The second-order valence-electron chi connectivity index (χ2n) is 2.09. The van der Waals surface area contributed by atoms with Gasteiger partial charge in [0, 0.05) is 6.08 Å². The van der Waals surface area contributed by atoms with E-state index in [1.165, 1.54) is 0 Å². The molecule has 0 saturated heterocycles. The molecule has 0 aliphatic heterocycles. The number of carbonyl (C=O) groups is 1. The lowest BCUT2D eigenvalue weighted by atomic mass is 10.6. The largest absolute Gasteiger partial charge is 0.523 e. The molecule has 0 aliphatic rings. The van der Waals surface area contributed by atoms with Gasteiger partial charge in [-0.2, -0.15) is 21.6 Å². The van der Waals surface area contributed by atoms with Gasteiger partial charge in [-0.25, -0.2) is 4.79 Å². The molecular formula is C6H7F3O5S. The average Bonchev–Trinajstić information content (AvgIpc) is 2.10. The molecule has 0 unspecified atom stereocenters. The third kappa shape index (κ3) is 4.79. The van der Waals surface area contributed by atoms with Crippen molar-refractivity contribution in [1.29, 1.82) is 0 Å². The lowest BCUT2D eigenvalue weighted by Gasteiger charge is -2.07. The summed E-state index contributed by atoms with van der Waals surface area (Å²) in [4.78, 5) is 10.4. The molecule has 0 aromatic carbocycles. The van der Waals surface area contributed by atoms with Crippen LogP contribution in [0, 0.1) is 0 Å². The highest BCUT2D eigenvalue weighted by atomic mass is 32.2. The van der Waals surface area contributed by atoms with E-state index in [1.807, 2.05) is 0 Å². The minimum atomic E-state index is -5.62. The van der Waals surface area contributed by atoms with Crippen molar-refractivity contribution in [3.63, 3.8) is 0 Å². The maximum Gasteiger partial charge on any atom is 0.523 e. The molecule has 0 aliphatic carbocycles. The van der Waals surface area contributed by atoms with Crippen LogP contribution in [0.25, 0.3) is 0 Å². The van der Waals surface area contributed by atoms with Crippen LogP contribution < -0.4 is 0 Å². The van der Waals surface area contributed by atoms with Crippen LogP contribution in [0.3, 0.4) is 0 Å². The van der Waals surface area contributed by atoms with E-state index in [2.05, 4.69) is 15.5 Å². The molecule has 0 spiro atoms. The molecule has 0 radical (unpaired) electrons. The molecule has 15 heavy (non-hydrogen) atoms. The van der Waals surface area contributed by atoms with Crippen LogP contribution in [0.2, 0.25) is 0 Å². The van der Waals surface area contributed by atoms with Crippen molar-refractivity contribution in [2.45, 2.75) is 5.51 Å². The van der Waals surface area contributed by atoms with E-state index in [4.69, 9.17) is 0 Å². The topological polar surface area (TPSA) is 69.7 Å². The molecule has 0 N–H and O–H groups in total. The molecule has 0 aromatic rings. The number of rotatable bonds is 5. The lowest BCUT2D eigenvalue weighted by molar-refractivity contribution is -0.138. The van der Waals surface area contributed by atoms with Crippen molar-refractivity contribution >= 4 is 16.1 Å². The molecule has 0 heterocycles. The van der Waals surface area contributed by atoms with Crippen LogP contribution in [0.5, 0.6) is 0 Å². The van der Waals surface area contributed by atoms with Gasteiger partial charge in [0.05, 0.1) is 0 Å². The molecule has 0 atom stereocenters. The second kappa shape index (κ2) is 5.12. The van der Waals surface area contributed by atoms with Crippen molar-refractivity contribution in [2.24, 2.45) is 0 Å². The van der Waals surface area contributed by atoms with Crippen LogP contribution in [0.1, 0.15) is 0 Å². The van der Waals surface area contributed by atoms with Crippen LogP contribution in [-0.4, -0.2) is 33.1 Å². The van der Waals surface area contributed by atoms with Crippen molar-refractivity contribution in [1.82, 2.24) is 0 Å². The normalized spacial score (nSPS) is 12.2. The van der Waals surface area contributed by atoms with Crippen LogP contribution >= 0.6 is 0 Å². The highest BCUT2D eigenvalue weighted by Gasteiger charge is 2.47. The van der Waals surface area contributed by atoms with Gasteiger partial charge in [-0.05, 0) is 0 Å². The molecule has 0 rings (SSSR count). The lowest BCUT2D eigenvalue weighted by Crippen LogP contribution is -2.27. The zero-order chi connectivity index (χ0) is 12.1. The van der Waals surface area contributed by atoms with E-state index in [1.54, 1.807) is 0 Å². The summed E-state index contributed by atoms with van der Waals surface area (Å²) in [5, 5.41) is 0. The highest BCUT2D eigenvalue weighted by Crippen LogP contribution is 2.24. The van der Waals surface area contributed by atoms with Crippen molar-refractivity contribution < 1.29 is 35.3 Å². The highest BCUT2D eigenvalue weighted by molar-refractivity contribution is 7.87. The molecule has 0 saturated carbocycles. The Morgan fingerprint density at radius 2 is 1.87 bits per heavy atom. The Bertz CT molecular complexity index is 331. The predicted octanol–water partition coefficient (Wildman–Crippen LogP) is 0.582. The molecule has 0 bridgehead atoms. The fourth-order valence-electron chi connectivity index (χ4n) is 0.412. The molecule has 88 valence electrons. The summed E-state index contributed by atoms with van der Waals surface area (Å²) in [5.41, 5.74) is -5.48. The van der Waals surface area contributed by atoms with Gasteiger partial charge in [0.1, 0.15) is 13.2 Å². The molecule has 0 fully saturated rings. The van der Waals surface area contributed by atoms with Gasteiger partial charge in [0.25, 0.3) is 0 Å². The van der Waals surface area contributed by atoms with E-state index >= 15 is 0 Å². The number of hydrogen-bond donors (Lipinski definition) is 0. The number of ether oxygens (including phenoxy) is 1. The van der Waals surface area contributed by atoms with E-state index in [9.17, 15) is 26.4 Å². The van der Waals surface area contributed by atoms with Crippen LogP contribution in [0.4, 0.5) is 13.2 Å². The molecule has 5 nitrogen and oxygen atoms in total. The Labute approximate surface area is 83.6 Å². The summed E-state index contributed by atoms with van der Waals surface area (Å²) < 4.78 is 63.2. The SMILES string of the molecule is C=CC(=O)OCCOS(=O)(=O)C(F)(F)F. The summed E-state index contributed by atoms with van der Waals surface area (Å²) in [5.74, 6) is -0.886. The summed E-state index contributed by atoms with van der Waals surface area (Å²) in [6.45, 7) is 1.50. The zero-order valence-electron chi connectivity index (χ0n) is 7.28. The summed E-state index contributed by atoms with van der Waals surface area (Å²) in [6, 6.07) is 0. The number of hydrogen-bond acceptors (Lipinski definition) is 5. The van der Waals surface area contributed by atoms with Crippen LogP contribution in [0.15, 0.2) is 12.7 Å². The maximum atomic E-state index is 11.6. The zero-order valence-corrected chi connectivity index (χ0v) is 8.10. The first-order valence-electron chi connectivity index (χ1n) is 3.45. The monoisotopic (exact) mass is 248 g/mol. The Morgan fingerprint density at radius 3 is 2.27 bits per heavy atom. The van der Waals surface area contributed by atoms with Crippen molar-refractivity contribution in [3.8, 4) is 0 Å². The van der Waals surface area contributed by atoms with Gasteiger partial charge >= 0.3 is 21.6 Å². The fraction of sp³-hybridized carbons (Fsp3) is 0.500. The quantitative estimate of drug-likeness (QED) is 0.234. The first kappa shape index (κ1) is 13.9. The standard InChI is InChI=1S/C6H7F3O5S/c1-2-5(10)13-3-4-14-15(11,12)6(7,8)9/h2H,1,3-4H2. The molecular weight excluding hydrogens is 241 g/mol. The smallest absolute Gasteiger partial charge is 0.460 e. The second-order valence-corrected chi connectivity index (χ2v) is 3.70. The van der Waals surface area contributed by atoms with E-state index in [-0.39, 0.29) is 0 Å². The van der Waals surface area contributed by atoms with Gasteiger partial charge in [0.15, 0.2) is 0 Å². The molecule has 0 aromatic heterocycles. The minimum absolute atomic E-state index is 0.611. The van der Waals surface area contributed by atoms with Gasteiger partial charge in [-0.1, -0.05) is 6.58 Å². The predicted molar refractivity (Wildman–Crippen MR) is 42.1 cm³/mol. The van der Waals surface area contributed by atoms with Gasteiger partial charge in [0.2, 0.25) is 0 Å². The van der Waals surface area contributed by atoms with Crippen molar-refractivity contribution in [2.75, 3.05) is 13.2 Å². The Hall–Kier alpha value is -1.09. The molecule has 0 amide bonds. The average molecular weight is 248 g/mol. The maximum absolute atomic E-state index is 11.6. The number of alkyl halides is 3. The summed E-state index contributed by atoms with van der Waals surface area (Å²) in [7, 11) is -5.62. The first-order valence-corrected chi connectivity index (χ1v) is 4.86. The summed E-state index contributed by atoms with van der Waals surface area (Å²) >= 11 is 0. The minimum Gasteiger partial charge on any atom is -0.460 e. The Balaban J connectivity index is 3.98. The number of esters is 1. The number of carbonyl (C=O) groups excluding carboxylic acids is 1. The number of halogens is 3. The Kier molecular flexibility index (Phi) is 4.75. The van der Waals surface area contributed by atoms with Gasteiger partial charge < -0.3 is 4.74 Å². The Morgan fingerprint density at radius 1 is 1.33 bits per heavy atom. The van der Waals surface area contributed by atoms with Crippen molar-refractivity contribution in [3.05, 3.63) is 12.7 Å². The van der Waals surface area contributed by atoms with E-state index < -0.39 is 34.8 Å². The van der Waals surface area contributed by atoms with E-state index in [0.29, 0.717) is 0 Å². The first-order chi connectivity index (χ1) is 6.70. The van der Waals surface area contributed by atoms with Crippen LogP contribution in [-0.2, 0) is 23.8 Å². The van der Waals surface area contributed by atoms with Gasteiger partial charge in [-0.15, -0.1) is 0 Å².